The minimum atomic E-state index is -3.80. The quantitative estimate of drug-likeness (QED) is 0.699. The van der Waals surface area contributed by atoms with Crippen LogP contribution in [0.25, 0.3) is 0 Å². The predicted molar refractivity (Wildman–Crippen MR) is 72.9 cm³/mol. The molecule has 0 aliphatic carbocycles. The Morgan fingerprint density at radius 2 is 2.00 bits per heavy atom. The van der Waals surface area contributed by atoms with Gasteiger partial charge in [-0.15, -0.1) is 0 Å². The maximum atomic E-state index is 12.4. The van der Waals surface area contributed by atoms with Gasteiger partial charge in [-0.1, -0.05) is 0 Å². The summed E-state index contributed by atoms with van der Waals surface area (Å²) < 4.78 is 30.7. The molecule has 1 rings (SSSR count). The monoisotopic (exact) mass is 304 g/mol. The lowest BCUT2D eigenvalue weighted by Gasteiger charge is -2.18. The number of carbonyl (C=O) groups excluding carboxylic acids is 1. The van der Waals surface area contributed by atoms with Gasteiger partial charge in [0.25, 0.3) is 10.0 Å². The number of hydrogen-bond acceptors (Lipinski definition) is 6. The third-order valence-electron chi connectivity index (χ3n) is 2.63. The van der Waals surface area contributed by atoms with E-state index < -0.39 is 16.0 Å². The summed E-state index contributed by atoms with van der Waals surface area (Å²) >= 11 is 0. The molecule has 9 heteroatoms. The Bertz CT molecular complexity index is 553. The maximum absolute atomic E-state index is 12.4. The number of aromatic amines is 1. The Labute approximate surface area is 118 Å². The third kappa shape index (κ3) is 3.78. The minimum absolute atomic E-state index is 0.0800. The molecule has 20 heavy (non-hydrogen) atoms. The first-order chi connectivity index (χ1) is 9.30. The van der Waals surface area contributed by atoms with Crippen molar-refractivity contribution >= 4 is 16.0 Å². The van der Waals surface area contributed by atoms with Crippen LogP contribution >= 0.6 is 0 Å². The lowest BCUT2D eigenvalue weighted by atomic mass is 10.4. The van der Waals surface area contributed by atoms with Gasteiger partial charge < -0.3 is 9.64 Å². The molecule has 0 aromatic carbocycles. The Hall–Kier alpha value is -1.45. The van der Waals surface area contributed by atoms with E-state index in [1.54, 1.807) is 6.92 Å². The topological polar surface area (TPSA) is 95.6 Å². The summed E-state index contributed by atoms with van der Waals surface area (Å²) in [6.07, 6.45) is 1.16. The molecule has 0 amide bonds. The van der Waals surface area contributed by atoms with Gasteiger partial charge in [-0.3, -0.25) is 5.10 Å². The summed E-state index contributed by atoms with van der Waals surface area (Å²) in [7, 11) is 1.35. The van der Waals surface area contributed by atoms with E-state index in [9.17, 15) is 13.2 Å². The van der Waals surface area contributed by atoms with Crippen LogP contribution in [-0.4, -0.2) is 74.6 Å². The first kappa shape index (κ1) is 16.6. The second kappa shape index (κ2) is 6.82. The first-order valence-corrected chi connectivity index (χ1v) is 7.56. The van der Waals surface area contributed by atoms with Crippen LogP contribution in [0, 0.1) is 0 Å². The molecule has 0 unspecified atom stereocenters. The van der Waals surface area contributed by atoms with E-state index in [1.807, 2.05) is 19.0 Å². The number of esters is 1. The second-order valence-corrected chi connectivity index (χ2v) is 6.44. The number of likely N-dealkylation sites (N-methyl/N-ethyl adjacent to an activating group) is 2. The summed E-state index contributed by atoms with van der Waals surface area (Å²) in [5.74, 6) is -0.708. The number of hydrogen-bond donors (Lipinski definition) is 1. The molecule has 8 nitrogen and oxygen atoms in total. The maximum Gasteiger partial charge on any atom is 0.342 e. The van der Waals surface area contributed by atoms with Crippen molar-refractivity contribution in [1.29, 1.82) is 0 Å². The molecule has 0 saturated heterocycles. The SMILES string of the molecule is CCOC(=O)c1cn[nH]c1S(=O)(=O)N(C)CCN(C)C. The highest BCUT2D eigenvalue weighted by molar-refractivity contribution is 7.89. The average molecular weight is 304 g/mol. The van der Waals surface area contributed by atoms with Gasteiger partial charge in [-0.25, -0.2) is 13.2 Å². The summed E-state index contributed by atoms with van der Waals surface area (Å²) in [6, 6.07) is 0. The fourth-order valence-electron chi connectivity index (χ4n) is 1.44. The van der Waals surface area contributed by atoms with Gasteiger partial charge in [-0.2, -0.15) is 9.40 Å². The van der Waals surface area contributed by atoms with E-state index in [1.165, 1.54) is 11.4 Å². The van der Waals surface area contributed by atoms with Crippen LogP contribution < -0.4 is 0 Å². The highest BCUT2D eigenvalue weighted by Crippen LogP contribution is 2.17. The van der Waals surface area contributed by atoms with Gasteiger partial charge in [0.05, 0.1) is 12.8 Å². The van der Waals surface area contributed by atoms with E-state index in [0.717, 1.165) is 6.20 Å². The minimum Gasteiger partial charge on any atom is -0.462 e. The van der Waals surface area contributed by atoms with Crippen LogP contribution in [0.2, 0.25) is 0 Å². The van der Waals surface area contributed by atoms with E-state index >= 15 is 0 Å². The standard InChI is InChI=1S/C11H20N4O4S/c1-5-19-11(16)9-8-12-13-10(9)20(17,18)15(4)7-6-14(2)3/h8H,5-7H2,1-4H3,(H,12,13). The molecular formula is C11H20N4O4S. The van der Waals surface area contributed by atoms with Crippen LogP contribution in [-0.2, 0) is 14.8 Å². The van der Waals surface area contributed by atoms with E-state index in [0.29, 0.717) is 13.1 Å². The van der Waals surface area contributed by atoms with Crippen molar-refractivity contribution in [2.75, 3.05) is 40.8 Å². The van der Waals surface area contributed by atoms with Crippen molar-refractivity contribution in [3.63, 3.8) is 0 Å². The molecular weight excluding hydrogens is 284 g/mol. The van der Waals surface area contributed by atoms with Crippen LogP contribution in [0.3, 0.4) is 0 Å². The zero-order chi connectivity index (χ0) is 15.3. The number of ether oxygens (including phenoxy) is 1. The zero-order valence-corrected chi connectivity index (χ0v) is 12.9. The Kier molecular flexibility index (Phi) is 5.66. The second-order valence-electron chi connectivity index (χ2n) is 4.46. The molecule has 0 saturated carbocycles. The molecule has 1 heterocycles. The van der Waals surface area contributed by atoms with Crippen molar-refractivity contribution < 1.29 is 17.9 Å². The lowest BCUT2D eigenvalue weighted by Crippen LogP contribution is -2.34. The number of sulfonamides is 1. The fourth-order valence-corrected chi connectivity index (χ4v) is 2.66. The largest absolute Gasteiger partial charge is 0.462 e. The third-order valence-corrected chi connectivity index (χ3v) is 4.46. The molecule has 0 aliphatic rings. The highest BCUT2D eigenvalue weighted by Gasteiger charge is 2.29. The Balaban J connectivity index is 2.98. The smallest absolute Gasteiger partial charge is 0.342 e. The summed E-state index contributed by atoms with van der Waals surface area (Å²) in [5.41, 5.74) is -0.0800. The summed E-state index contributed by atoms with van der Waals surface area (Å²) in [4.78, 5) is 13.6. The van der Waals surface area contributed by atoms with Gasteiger partial charge in [0.15, 0.2) is 5.03 Å². The predicted octanol–water partition coefficient (Wildman–Crippen LogP) is -0.231. The molecule has 114 valence electrons. The van der Waals surface area contributed by atoms with Gasteiger partial charge in [0.1, 0.15) is 5.56 Å². The van der Waals surface area contributed by atoms with Crippen LogP contribution in [0.5, 0.6) is 0 Å². The number of aromatic nitrogens is 2. The number of nitrogens with zero attached hydrogens (tertiary/aromatic N) is 3. The summed E-state index contributed by atoms with van der Waals surface area (Å²) in [6.45, 7) is 2.69. The van der Waals surface area contributed by atoms with E-state index in [-0.39, 0.29) is 17.2 Å². The molecule has 0 aliphatic heterocycles. The normalized spacial score (nSPS) is 12.1. The van der Waals surface area contributed by atoms with Crippen molar-refractivity contribution in [2.45, 2.75) is 11.9 Å². The molecule has 1 aromatic rings. The number of nitrogens with one attached hydrogen (secondary N) is 1. The molecule has 0 radical (unpaired) electrons. The number of carbonyl (C=O) groups is 1. The summed E-state index contributed by atoms with van der Waals surface area (Å²) in [5, 5.41) is 5.75. The zero-order valence-electron chi connectivity index (χ0n) is 12.1. The number of H-pyrrole nitrogens is 1. The molecule has 0 fully saturated rings. The average Bonchev–Trinajstić information content (AvgIpc) is 2.85. The lowest BCUT2D eigenvalue weighted by molar-refractivity contribution is 0.0521. The molecule has 0 bridgehead atoms. The first-order valence-electron chi connectivity index (χ1n) is 6.12. The molecule has 0 atom stereocenters. The van der Waals surface area contributed by atoms with Crippen molar-refractivity contribution in [2.24, 2.45) is 0 Å². The Morgan fingerprint density at radius 1 is 1.35 bits per heavy atom. The highest BCUT2D eigenvalue weighted by atomic mass is 32.2. The van der Waals surface area contributed by atoms with Crippen LogP contribution in [0.4, 0.5) is 0 Å². The van der Waals surface area contributed by atoms with E-state index in [2.05, 4.69) is 10.2 Å². The van der Waals surface area contributed by atoms with Gasteiger partial charge in [0.2, 0.25) is 0 Å². The van der Waals surface area contributed by atoms with E-state index in [4.69, 9.17) is 4.74 Å². The fraction of sp³-hybridized carbons (Fsp3) is 0.636. The van der Waals surface area contributed by atoms with Crippen LogP contribution in [0.15, 0.2) is 11.2 Å². The molecule has 1 aromatic heterocycles. The number of rotatable bonds is 7. The van der Waals surface area contributed by atoms with Crippen molar-refractivity contribution in [3.8, 4) is 0 Å². The van der Waals surface area contributed by atoms with Crippen LogP contribution in [0.1, 0.15) is 17.3 Å². The molecule has 0 spiro atoms. The van der Waals surface area contributed by atoms with Crippen molar-refractivity contribution in [1.82, 2.24) is 19.4 Å². The van der Waals surface area contributed by atoms with Gasteiger partial charge in [-0.05, 0) is 21.0 Å². The van der Waals surface area contributed by atoms with Gasteiger partial charge in [0, 0.05) is 20.1 Å². The Morgan fingerprint density at radius 3 is 2.55 bits per heavy atom. The molecule has 1 N–H and O–H groups in total. The van der Waals surface area contributed by atoms with Gasteiger partial charge >= 0.3 is 5.97 Å². The van der Waals surface area contributed by atoms with Crippen molar-refractivity contribution in [3.05, 3.63) is 11.8 Å².